The summed E-state index contributed by atoms with van der Waals surface area (Å²) in [5, 5.41) is 1.66. The van der Waals surface area contributed by atoms with E-state index in [1.165, 1.54) is 0 Å². The Bertz CT molecular complexity index is 781. The van der Waals surface area contributed by atoms with Gasteiger partial charge in [-0.1, -0.05) is 33.6 Å². The van der Waals surface area contributed by atoms with E-state index in [4.69, 9.17) is 21.8 Å². The summed E-state index contributed by atoms with van der Waals surface area (Å²) < 4.78 is 6.87. The van der Waals surface area contributed by atoms with Crippen molar-refractivity contribution in [2.75, 3.05) is 0 Å². The maximum atomic E-state index is 6.33. The highest BCUT2D eigenvalue weighted by Crippen LogP contribution is 2.30. The summed E-state index contributed by atoms with van der Waals surface area (Å²) in [6.45, 7) is 2.04. The van der Waals surface area contributed by atoms with Crippen LogP contribution >= 0.6 is 27.5 Å². The minimum atomic E-state index is -0.283. The van der Waals surface area contributed by atoms with Crippen molar-refractivity contribution in [3.05, 3.63) is 68.8 Å². The van der Waals surface area contributed by atoms with Gasteiger partial charge in [-0.05, 0) is 54.4 Å². The first-order chi connectivity index (χ1) is 9.54. The smallest absolute Gasteiger partial charge is 0.134 e. The van der Waals surface area contributed by atoms with E-state index in [0.717, 1.165) is 32.3 Å². The molecule has 3 aromatic rings. The van der Waals surface area contributed by atoms with E-state index in [9.17, 15) is 0 Å². The van der Waals surface area contributed by atoms with Crippen LogP contribution in [-0.4, -0.2) is 0 Å². The fourth-order valence-electron chi connectivity index (χ4n) is 2.33. The standard InChI is InChI=1S/C16H13BrClNO/c1-9-6-11(17)2-4-13(9)16(19)15-8-10-7-12(18)3-5-14(10)20-15/h2-8,16H,19H2,1H3. The summed E-state index contributed by atoms with van der Waals surface area (Å²) in [5.74, 6) is 0.743. The molecule has 20 heavy (non-hydrogen) atoms. The van der Waals surface area contributed by atoms with Crippen LogP contribution in [0.4, 0.5) is 0 Å². The zero-order valence-electron chi connectivity index (χ0n) is 10.9. The largest absolute Gasteiger partial charge is 0.459 e. The molecule has 0 amide bonds. The first-order valence-corrected chi connectivity index (χ1v) is 7.42. The van der Waals surface area contributed by atoms with Gasteiger partial charge in [-0.2, -0.15) is 0 Å². The van der Waals surface area contributed by atoms with Gasteiger partial charge in [0.2, 0.25) is 0 Å². The van der Waals surface area contributed by atoms with Crippen molar-refractivity contribution >= 4 is 38.5 Å². The molecule has 0 radical (unpaired) electrons. The van der Waals surface area contributed by atoms with Gasteiger partial charge < -0.3 is 10.2 Å². The molecule has 1 unspecified atom stereocenters. The number of furan rings is 1. The molecular formula is C16H13BrClNO. The van der Waals surface area contributed by atoms with Crippen LogP contribution in [-0.2, 0) is 0 Å². The van der Waals surface area contributed by atoms with E-state index in [2.05, 4.69) is 22.0 Å². The van der Waals surface area contributed by atoms with Crippen LogP contribution in [0.25, 0.3) is 11.0 Å². The van der Waals surface area contributed by atoms with Crippen molar-refractivity contribution in [2.24, 2.45) is 5.73 Å². The topological polar surface area (TPSA) is 39.2 Å². The quantitative estimate of drug-likeness (QED) is 0.689. The molecule has 1 aromatic heterocycles. The molecule has 102 valence electrons. The normalized spacial score (nSPS) is 12.8. The number of halogens is 2. The Labute approximate surface area is 130 Å². The van der Waals surface area contributed by atoms with E-state index < -0.39 is 0 Å². The van der Waals surface area contributed by atoms with Gasteiger partial charge in [0, 0.05) is 14.9 Å². The monoisotopic (exact) mass is 349 g/mol. The predicted octanol–water partition coefficient (Wildman–Crippen LogP) is 5.21. The number of nitrogens with two attached hydrogens (primary N) is 1. The Balaban J connectivity index is 2.05. The minimum absolute atomic E-state index is 0.283. The van der Waals surface area contributed by atoms with Crippen molar-refractivity contribution in [1.29, 1.82) is 0 Å². The third kappa shape index (κ3) is 2.49. The van der Waals surface area contributed by atoms with E-state index in [0.29, 0.717) is 5.02 Å². The van der Waals surface area contributed by atoms with Crippen LogP contribution < -0.4 is 5.73 Å². The molecular weight excluding hydrogens is 338 g/mol. The van der Waals surface area contributed by atoms with Crippen LogP contribution in [0.2, 0.25) is 5.02 Å². The molecule has 0 bridgehead atoms. The van der Waals surface area contributed by atoms with Gasteiger partial charge in [0.1, 0.15) is 11.3 Å². The summed E-state index contributed by atoms with van der Waals surface area (Å²) in [6.07, 6.45) is 0. The van der Waals surface area contributed by atoms with Gasteiger partial charge in [0.25, 0.3) is 0 Å². The molecule has 0 aliphatic heterocycles. The summed E-state index contributed by atoms with van der Waals surface area (Å²) in [5.41, 5.74) is 9.31. The summed E-state index contributed by atoms with van der Waals surface area (Å²) in [4.78, 5) is 0. The van der Waals surface area contributed by atoms with Crippen molar-refractivity contribution in [1.82, 2.24) is 0 Å². The van der Waals surface area contributed by atoms with E-state index in [1.54, 1.807) is 0 Å². The molecule has 2 nitrogen and oxygen atoms in total. The maximum absolute atomic E-state index is 6.33. The van der Waals surface area contributed by atoms with Crippen molar-refractivity contribution in [2.45, 2.75) is 13.0 Å². The van der Waals surface area contributed by atoms with Gasteiger partial charge in [-0.25, -0.2) is 0 Å². The second-order valence-electron chi connectivity index (χ2n) is 4.81. The fourth-order valence-corrected chi connectivity index (χ4v) is 2.99. The van der Waals surface area contributed by atoms with E-state index >= 15 is 0 Å². The van der Waals surface area contributed by atoms with Crippen molar-refractivity contribution in [3.8, 4) is 0 Å². The van der Waals surface area contributed by atoms with E-state index in [-0.39, 0.29) is 6.04 Å². The molecule has 0 aliphatic rings. The molecule has 1 atom stereocenters. The molecule has 0 aliphatic carbocycles. The maximum Gasteiger partial charge on any atom is 0.134 e. The molecule has 0 fully saturated rings. The average Bonchev–Trinajstić information content (AvgIpc) is 2.81. The number of hydrogen-bond donors (Lipinski definition) is 1. The molecule has 2 aromatic carbocycles. The lowest BCUT2D eigenvalue weighted by Crippen LogP contribution is -2.12. The number of hydrogen-bond acceptors (Lipinski definition) is 2. The second-order valence-corrected chi connectivity index (χ2v) is 6.16. The van der Waals surface area contributed by atoms with Crippen molar-refractivity contribution < 1.29 is 4.42 Å². The van der Waals surface area contributed by atoms with Crippen LogP contribution in [0, 0.1) is 6.92 Å². The lowest BCUT2D eigenvalue weighted by Gasteiger charge is -2.12. The zero-order valence-corrected chi connectivity index (χ0v) is 13.2. The zero-order chi connectivity index (χ0) is 14.3. The Kier molecular flexibility index (Phi) is 3.59. The average molecular weight is 351 g/mol. The molecule has 4 heteroatoms. The van der Waals surface area contributed by atoms with Gasteiger partial charge in [-0.3, -0.25) is 0 Å². The molecule has 1 heterocycles. The SMILES string of the molecule is Cc1cc(Br)ccc1C(N)c1cc2cc(Cl)ccc2o1. The second kappa shape index (κ2) is 5.24. The molecule has 3 rings (SSSR count). The Morgan fingerprint density at radius 2 is 1.95 bits per heavy atom. The summed E-state index contributed by atoms with van der Waals surface area (Å²) in [7, 11) is 0. The highest BCUT2D eigenvalue weighted by molar-refractivity contribution is 9.10. The fraction of sp³-hybridized carbons (Fsp3) is 0.125. The van der Waals surface area contributed by atoms with Gasteiger partial charge in [0.15, 0.2) is 0 Å². The van der Waals surface area contributed by atoms with Gasteiger partial charge in [0.05, 0.1) is 6.04 Å². The summed E-state index contributed by atoms with van der Waals surface area (Å²) >= 11 is 9.45. The lowest BCUT2D eigenvalue weighted by molar-refractivity contribution is 0.524. The third-order valence-corrected chi connectivity index (χ3v) is 4.10. The number of rotatable bonds is 2. The Morgan fingerprint density at radius 3 is 2.70 bits per heavy atom. The molecule has 0 saturated carbocycles. The van der Waals surface area contributed by atoms with Crippen LogP contribution in [0.1, 0.15) is 22.9 Å². The number of aryl methyl sites for hydroxylation is 1. The predicted molar refractivity (Wildman–Crippen MR) is 86.1 cm³/mol. The highest BCUT2D eigenvalue weighted by Gasteiger charge is 2.16. The molecule has 2 N–H and O–H groups in total. The Morgan fingerprint density at radius 1 is 1.15 bits per heavy atom. The van der Waals surface area contributed by atoms with Gasteiger partial charge in [-0.15, -0.1) is 0 Å². The summed E-state index contributed by atoms with van der Waals surface area (Å²) in [6, 6.07) is 13.3. The van der Waals surface area contributed by atoms with Crippen LogP contribution in [0.5, 0.6) is 0 Å². The minimum Gasteiger partial charge on any atom is -0.459 e. The van der Waals surface area contributed by atoms with Gasteiger partial charge >= 0.3 is 0 Å². The highest BCUT2D eigenvalue weighted by atomic mass is 79.9. The molecule has 0 spiro atoms. The van der Waals surface area contributed by atoms with Crippen molar-refractivity contribution in [3.63, 3.8) is 0 Å². The van der Waals surface area contributed by atoms with Crippen LogP contribution in [0.15, 0.2) is 51.4 Å². The Hall–Kier alpha value is -1.29. The lowest BCUT2D eigenvalue weighted by atomic mass is 10.00. The first-order valence-electron chi connectivity index (χ1n) is 6.25. The number of benzene rings is 2. The van der Waals surface area contributed by atoms with E-state index in [1.807, 2.05) is 43.3 Å². The third-order valence-electron chi connectivity index (χ3n) is 3.37. The first kappa shape index (κ1) is 13.7. The molecule has 0 saturated heterocycles. The van der Waals surface area contributed by atoms with Crippen LogP contribution in [0.3, 0.4) is 0 Å². The number of fused-ring (bicyclic) bond motifs is 1.